The van der Waals surface area contributed by atoms with E-state index in [4.69, 9.17) is 9.26 Å². The molecular formula is C22H19FN4O3. The van der Waals surface area contributed by atoms with E-state index in [-0.39, 0.29) is 17.8 Å². The molecule has 1 saturated heterocycles. The van der Waals surface area contributed by atoms with Crippen LogP contribution in [0.1, 0.15) is 31.4 Å². The molecule has 0 saturated carbocycles. The zero-order valence-electron chi connectivity index (χ0n) is 16.3. The van der Waals surface area contributed by atoms with Crippen LogP contribution in [0, 0.1) is 5.82 Å². The van der Waals surface area contributed by atoms with Crippen molar-refractivity contribution in [3.05, 3.63) is 60.1 Å². The summed E-state index contributed by atoms with van der Waals surface area (Å²) in [5.74, 6) is 1.37. The van der Waals surface area contributed by atoms with E-state index < -0.39 is 0 Å². The van der Waals surface area contributed by atoms with Gasteiger partial charge in [-0.1, -0.05) is 5.16 Å². The molecule has 0 bridgehead atoms. The number of benzene rings is 2. The molecule has 3 heterocycles. The molecule has 1 fully saturated rings. The molecule has 0 aliphatic carbocycles. The SMILES string of the molecule is CC(=O)N1CCCC1c1cc2[nH]c(-c3ccon3)nc2cc1Oc1ccc(F)cc1. The van der Waals surface area contributed by atoms with Gasteiger partial charge in [-0.2, -0.15) is 0 Å². The number of aromatic nitrogens is 3. The summed E-state index contributed by atoms with van der Waals surface area (Å²) < 4.78 is 24.3. The minimum Gasteiger partial charge on any atom is -0.457 e. The van der Waals surface area contributed by atoms with E-state index in [0.717, 1.165) is 23.9 Å². The van der Waals surface area contributed by atoms with Gasteiger partial charge in [0, 0.05) is 31.2 Å². The molecule has 0 spiro atoms. The van der Waals surface area contributed by atoms with Gasteiger partial charge in [0.25, 0.3) is 0 Å². The Hall–Kier alpha value is -3.68. The summed E-state index contributed by atoms with van der Waals surface area (Å²) in [5.41, 5.74) is 2.99. The number of halogens is 1. The second-order valence-electron chi connectivity index (χ2n) is 7.30. The van der Waals surface area contributed by atoms with E-state index in [2.05, 4.69) is 15.1 Å². The number of carbonyl (C=O) groups is 1. The highest BCUT2D eigenvalue weighted by Crippen LogP contribution is 2.41. The monoisotopic (exact) mass is 406 g/mol. The normalized spacial score (nSPS) is 16.3. The number of imidazole rings is 1. The van der Waals surface area contributed by atoms with Gasteiger partial charge in [0.1, 0.15) is 29.3 Å². The Morgan fingerprint density at radius 1 is 1.27 bits per heavy atom. The fraction of sp³-hybridized carbons (Fsp3) is 0.227. The summed E-state index contributed by atoms with van der Waals surface area (Å²) in [7, 11) is 0. The van der Waals surface area contributed by atoms with Crippen LogP contribution in [0.25, 0.3) is 22.6 Å². The highest BCUT2D eigenvalue weighted by Gasteiger charge is 2.31. The van der Waals surface area contributed by atoms with Crippen molar-refractivity contribution in [1.82, 2.24) is 20.0 Å². The van der Waals surface area contributed by atoms with Crippen molar-refractivity contribution in [2.45, 2.75) is 25.8 Å². The maximum atomic E-state index is 13.3. The lowest BCUT2D eigenvalue weighted by Gasteiger charge is -2.25. The number of hydrogen-bond acceptors (Lipinski definition) is 5. The Morgan fingerprint density at radius 2 is 2.10 bits per heavy atom. The first kappa shape index (κ1) is 18.4. The number of likely N-dealkylation sites (tertiary alicyclic amines) is 1. The van der Waals surface area contributed by atoms with Crippen molar-refractivity contribution in [2.75, 3.05) is 6.54 Å². The number of nitrogens with one attached hydrogen (secondary N) is 1. The number of hydrogen-bond donors (Lipinski definition) is 1. The third-order valence-electron chi connectivity index (χ3n) is 5.35. The fourth-order valence-electron chi connectivity index (χ4n) is 3.96. The molecule has 1 N–H and O–H groups in total. The van der Waals surface area contributed by atoms with Crippen molar-refractivity contribution >= 4 is 16.9 Å². The maximum absolute atomic E-state index is 13.3. The highest BCUT2D eigenvalue weighted by molar-refractivity contribution is 5.82. The van der Waals surface area contributed by atoms with Gasteiger partial charge in [0.15, 0.2) is 5.82 Å². The first-order chi connectivity index (χ1) is 14.6. The molecule has 5 rings (SSSR count). The number of aromatic amines is 1. The molecule has 7 nitrogen and oxygen atoms in total. The maximum Gasteiger partial charge on any atom is 0.219 e. The summed E-state index contributed by atoms with van der Waals surface area (Å²) in [6, 6.07) is 11.3. The molecule has 152 valence electrons. The van der Waals surface area contributed by atoms with Crippen LogP contribution in [0.3, 0.4) is 0 Å². The van der Waals surface area contributed by atoms with Gasteiger partial charge in [-0.25, -0.2) is 9.37 Å². The first-order valence-corrected chi connectivity index (χ1v) is 9.73. The molecule has 1 unspecified atom stereocenters. The van der Waals surface area contributed by atoms with Gasteiger partial charge in [-0.3, -0.25) is 4.79 Å². The average molecular weight is 406 g/mol. The molecule has 1 aliphatic rings. The molecule has 8 heteroatoms. The van der Waals surface area contributed by atoms with Crippen LogP contribution >= 0.6 is 0 Å². The lowest BCUT2D eigenvalue weighted by Crippen LogP contribution is -2.28. The average Bonchev–Trinajstić information content (AvgIpc) is 3.48. The molecule has 0 radical (unpaired) electrons. The number of carbonyl (C=O) groups excluding carboxylic acids is 1. The van der Waals surface area contributed by atoms with Gasteiger partial charge in [-0.05, 0) is 43.2 Å². The topological polar surface area (TPSA) is 84.3 Å². The van der Waals surface area contributed by atoms with Crippen molar-refractivity contribution in [1.29, 1.82) is 0 Å². The second kappa shape index (κ2) is 7.29. The van der Waals surface area contributed by atoms with Gasteiger partial charge in [0.2, 0.25) is 5.91 Å². The Morgan fingerprint density at radius 3 is 2.83 bits per heavy atom. The summed E-state index contributed by atoms with van der Waals surface area (Å²) in [4.78, 5) is 21.9. The third kappa shape index (κ3) is 3.30. The number of fused-ring (bicyclic) bond motifs is 1. The quantitative estimate of drug-likeness (QED) is 0.525. The largest absolute Gasteiger partial charge is 0.457 e. The van der Waals surface area contributed by atoms with E-state index in [0.29, 0.717) is 35.1 Å². The zero-order chi connectivity index (χ0) is 20.7. The molecule has 2 aromatic heterocycles. The van der Waals surface area contributed by atoms with Crippen LogP contribution in [-0.2, 0) is 4.79 Å². The fourth-order valence-corrected chi connectivity index (χ4v) is 3.96. The minimum absolute atomic E-state index is 0.0261. The lowest BCUT2D eigenvalue weighted by molar-refractivity contribution is -0.129. The standard InChI is InChI=1S/C22H19FN4O3/c1-13(28)27-9-2-3-20(27)16-11-18-19(25-22(24-18)17-8-10-29-26-17)12-21(16)30-15-6-4-14(23)5-7-15/h4-8,10-12,20H,2-3,9H2,1H3,(H,24,25). The number of H-pyrrole nitrogens is 1. The van der Waals surface area contributed by atoms with E-state index in [1.807, 2.05) is 17.0 Å². The van der Waals surface area contributed by atoms with Crippen molar-refractivity contribution in [2.24, 2.45) is 0 Å². The van der Waals surface area contributed by atoms with E-state index >= 15 is 0 Å². The molecule has 1 aliphatic heterocycles. The predicted octanol–water partition coefficient (Wildman–Crippen LogP) is 4.83. The van der Waals surface area contributed by atoms with Crippen molar-refractivity contribution in [3.63, 3.8) is 0 Å². The van der Waals surface area contributed by atoms with Gasteiger partial charge in [0.05, 0.1) is 17.1 Å². The highest BCUT2D eigenvalue weighted by atomic mass is 19.1. The van der Waals surface area contributed by atoms with E-state index in [9.17, 15) is 9.18 Å². The Kier molecular flexibility index (Phi) is 4.46. The zero-order valence-corrected chi connectivity index (χ0v) is 16.3. The summed E-state index contributed by atoms with van der Waals surface area (Å²) in [6.07, 6.45) is 3.25. The smallest absolute Gasteiger partial charge is 0.219 e. The number of nitrogens with zero attached hydrogens (tertiary/aromatic N) is 3. The molecule has 1 amide bonds. The molecule has 30 heavy (non-hydrogen) atoms. The Balaban J connectivity index is 1.62. The molecule has 2 aromatic carbocycles. The minimum atomic E-state index is -0.332. The molecule has 1 atom stereocenters. The number of amides is 1. The number of ether oxygens (including phenoxy) is 1. The van der Waals surface area contributed by atoms with Crippen LogP contribution in [-0.4, -0.2) is 32.5 Å². The predicted molar refractivity (Wildman–Crippen MR) is 107 cm³/mol. The summed E-state index contributed by atoms with van der Waals surface area (Å²) >= 11 is 0. The van der Waals surface area contributed by atoms with Crippen LogP contribution in [0.4, 0.5) is 4.39 Å². The lowest BCUT2D eigenvalue weighted by atomic mass is 10.0. The van der Waals surface area contributed by atoms with E-state index in [1.165, 1.54) is 18.4 Å². The first-order valence-electron chi connectivity index (χ1n) is 9.73. The second-order valence-corrected chi connectivity index (χ2v) is 7.30. The van der Waals surface area contributed by atoms with Crippen molar-refractivity contribution in [3.8, 4) is 23.0 Å². The Labute approximate surface area is 171 Å². The van der Waals surface area contributed by atoms with Crippen LogP contribution in [0.15, 0.2) is 53.3 Å². The van der Waals surface area contributed by atoms with Gasteiger partial charge >= 0.3 is 0 Å². The number of rotatable bonds is 4. The summed E-state index contributed by atoms with van der Waals surface area (Å²) in [5, 5.41) is 3.93. The van der Waals surface area contributed by atoms with Gasteiger partial charge < -0.3 is 19.1 Å². The van der Waals surface area contributed by atoms with E-state index in [1.54, 1.807) is 25.1 Å². The third-order valence-corrected chi connectivity index (χ3v) is 5.35. The van der Waals surface area contributed by atoms with Crippen LogP contribution in [0.5, 0.6) is 11.5 Å². The van der Waals surface area contributed by atoms with Crippen molar-refractivity contribution < 1.29 is 18.4 Å². The Bertz CT molecular complexity index is 1200. The van der Waals surface area contributed by atoms with Gasteiger partial charge in [-0.15, -0.1) is 0 Å². The molecular weight excluding hydrogens is 387 g/mol. The summed E-state index contributed by atoms with van der Waals surface area (Å²) in [6.45, 7) is 2.29. The van der Waals surface area contributed by atoms with Crippen LogP contribution < -0.4 is 4.74 Å². The molecule has 4 aromatic rings. The van der Waals surface area contributed by atoms with Crippen LogP contribution in [0.2, 0.25) is 0 Å².